The van der Waals surface area contributed by atoms with Gasteiger partial charge >= 0.3 is 0 Å². The molecule has 0 saturated heterocycles. The molecule has 0 spiro atoms. The predicted molar refractivity (Wildman–Crippen MR) is 52.3 cm³/mol. The van der Waals surface area contributed by atoms with Crippen molar-refractivity contribution in [1.29, 1.82) is 0 Å². The lowest BCUT2D eigenvalue weighted by Gasteiger charge is -2.19. The lowest BCUT2D eigenvalue weighted by atomic mass is 9.98. The van der Waals surface area contributed by atoms with Crippen LogP contribution in [0, 0.1) is 5.92 Å². The molecule has 0 aliphatic heterocycles. The van der Waals surface area contributed by atoms with Gasteiger partial charge in [-0.1, -0.05) is 6.92 Å². The van der Waals surface area contributed by atoms with Crippen LogP contribution in [0.15, 0.2) is 0 Å². The SMILES string of the molecule is CNC(S)CC(O)C(C)C(C)=O. The van der Waals surface area contributed by atoms with E-state index in [0.29, 0.717) is 6.42 Å². The van der Waals surface area contributed by atoms with Gasteiger partial charge in [-0.3, -0.25) is 4.79 Å². The summed E-state index contributed by atoms with van der Waals surface area (Å²) in [6.45, 7) is 3.21. The number of hydrogen-bond acceptors (Lipinski definition) is 4. The van der Waals surface area contributed by atoms with Crippen LogP contribution in [0.3, 0.4) is 0 Å². The zero-order valence-corrected chi connectivity index (χ0v) is 8.64. The second-order valence-electron chi connectivity index (χ2n) is 3.01. The maximum atomic E-state index is 10.8. The van der Waals surface area contributed by atoms with Crippen molar-refractivity contribution < 1.29 is 9.90 Å². The molecule has 12 heavy (non-hydrogen) atoms. The highest BCUT2D eigenvalue weighted by Gasteiger charge is 2.20. The molecule has 0 saturated carbocycles. The smallest absolute Gasteiger partial charge is 0.135 e. The first-order chi connectivity index (χ1) is 5.49. The van der Waals surface area contributed by atoms with Crippen LogP contribution < -0.4 is 5.32 Å². The molecule has 0 aliphatic rings. The van der Waals surface area contributed by atoms with E-state index in [1.807, 2.05) is 0 Å². The zero-order chi connectivity index (χ0) is 9.72. The highest BCUT2D eigenvalue weighted by atomic mass is 32.1. The molecule has 0 rings (SSSR count). The van der Waals surface area contributed by atoms with Crippen LogP contribution in [0.5, 0.6) is 0 Å². The van der Waals surface area contributed by atoms with Gasteiger partial charge in [-0.25, -0.2) is 0 Å². The van der Waals surface area contributed by atoms with E-state index in [0.717, 1.165) is 0 Å². The zero-order valence-electron chi connectivity index (χ0n) is 7.74. The Morgan fingerprint density at radius 3 is 2.50 bits per heavy atom. The van der Waals surface area contributed by atoms with Crippen molar-refractivity contribution in [3.8, 4) is 0 Å². The van der Waals surface area contributed by atoms with Crippen LogP contribution >= 0.6 is 12.6 Å². The molecule has 0 amide bonds. The second-order valence-corrected chi connectivity index (χ2v) is 3.63. The summed E-state index contributed by atoms with van der Waals surface area (Å²) in [7, 11) is 1.77. The molecule has 72 valence electrons. The summed E-state index contributed by atoms with van der Waals surface area (Å²) >= 11 is 4.15. The van der Waals surface area contributed by atoms with E-state index in [-0.39, 0.29) is 17.1 Å². The molecule has 0 heterocycles. The van der Waals surface area contributed by atoms with E-state index >= 15 is 0 Å². The number of rotatable bonds is 5. The Morgan fingerprint density at radius 2 is 2.17 bits per heavy atom. The molecular formula is C8H17NO2S. The number of carbonyl (C=O) groups excluding carboxylic acids is 1. The van der Waals surface area contributed by atoms with E-state index in [1.165, 1.54) is 6.92 Å². The fourth-order valence-electron chi connectivity index (χ4n) is 0.822. The van der Waals surface area contributed by atoms with Gasteiger partial charge in [0.1, 0.15) is 5.78 Å². The number of nitrogens with one attached hydrogen (secondary N) is 1. The van der Waals surface area contributed by atoms with Crippen LogP contribution in [-0.4, -0.2) is 29.4 Å². The van der Waals surface area contributed by atoms with Crippen LogP contribution in [0.1, 0.15) is 20.3 Å². The molecule has 4 heteroatoms. The summed E-state index contributed by atoms with van der Waals surface area (Å²) in [5, 5.41) is 12.3. The first-order valence-corrected chi connectivity index (χ1v) is 4.54. The third-order valence-corrected chi connectivity index (χ3v) is 2.49. The van der Waals surface area contributed by atoms with E-state index in [1.54, 1.807) is 14.0 Å². The molecule has 2 N–H and O–H groups in total. The number of carbonyl (C=O) groups is 1. The first-order valence-electron chi connectivity index (χ1n) is 4.03. The minimum atomic E-state index is -0.600. The number of ketones is 1. The minimum absolute atomic E-state index is 0.0131. The largest absolute Gasteiger partial charge is 0.392 e. The van der Waals surface area contributed by atoms with Crippen molar-refractivity contribution in [2.24, 2.45) is 5.92 Å². The summed E-state index contributed by atoms with van der Waals surface area (Å²) in [4.78, 5) is 10.8. The summed E-state index contributed by atoms with van der Waals surface area (Å²) in [5.41, 5.74) is 0. The Bertz CT molecular complexity index is 152. The van der Waals surface area contributed by atoms with Gasteiger partial charge in [-0.2, -0.15) is 12.6 Å². The molecule has 0 aromatic carbocycles. The molecule has 0 bridgehead atoms. The lowest BCUT2D eigenvalue weighted by molar-refractivity contribution is -0.123. The van der Waals surface area contributed by atoms with Crippen molar-refractivity contribution in [3.05, 3.63) is 0 Å². The van der Waals surface area contributed by atoms with Gasteiger partial charge in [-0.05, 0) is 20.4 Å². The molecule has 0 aromatic heterocycles. The fourth-order valence-corrected chi connectivity index (χ4v) is 1.04. The Labute approximate surface area is 79.0 Å². The Kier molecular flexibility index (Phi) is 5.53. The summed E-state index contributed by atoms with van der Waals surface area (Å²) in [6, 6.07) is 0. The average Bonchev–Trinajstić information content (AvgIpc) is 2.02. The van der Waals surface area contributed by atoms with Gasteiger partial charge in [0.05, 0.1) is 11.5 Å². The van der Waals surface area contributed by atoms with Gasteiger partial charge in [0.2, 0.25) is 0 Å². The monoisotopic (exact) mass is 191 g/mol. The Balaban J connectivity index is 3.86. The summed E-state index contributed by atoms with van der Waals surface area (Å²) in [6.07, 6.45) is -0.113. The fraction of sp³-hybridized carbons (Fsp3) is 0.875. The number of Topliss-reactive ketones (excluding diaryl/α,β-unsaturated/α-hetero) is 1. The molecule has 0 aromatic rings. The third kappa shape index (κ3) is 4.09. The molecule has 3 atom stereocenters. The van der Waals surface area contributed by atoms with Gasteiger partial charge in [0.15, 0.2) is 0 Å². The quantitative estimate of drug-likeness (QED) is 0.436. The number of hydrogen-bond donors (Lipinski definition) is 3. The van der Waals surface area contributed by atoms with E-state index < -0.39 is 6.10 Å². The standard InChI is InChI=1S/C8H17NO2S/c1-5(6(2)10)7(11)4-8(12)9-3/h5,7-9,11-12H,4H2,1-3H3. The van der Waals surface area contributed by atoms with Crippen molar-refractivity contribution in [2.75, 3.05) is 7.05 Å². The van der Waals surface area contributed by atoms with Crippen molar-refractivity contribution in [1.82, 2.24) is 5.32 Å². The summed E-state index contributed by atoms with van der Waals surface area (Å²) < 4.78 is 0. The number of aliphatic hydroxyl groups is 1. The molecular weight excluding hydrogens is 174 g/mol. The molecule has 3 nitrogen and oxygen atoms in total. The molecule has 3 unspecified atom stereocenters. The molecule has 0 fully saturated rings. The van der Waals surface area contributed by atoms with Crippen LogP contribution in [0.4, 0.5) is 0 Å². The Morgan fingerprint density at radius 1 is 1.67 bits per heavy atom. The van der Waals surface area contributed by atoms with Crippen LogP contribution in [0.25, 0.3) is 0 Å². The van der Waals surface area contributed by atoms with Crippen LogP contribution in [0.2, 0.25) is 0 Å². The van der Waals surface area contributed by atoms with Crippen molar-refractivity contribution >= 4 is 18.4 Å². The first kappa shape index (κ1) is 11.9. The predicted octanol–water partition coefficient (Wildman–Crippen LogP) is 0.438. The molecule has 0 radical (unpaired) electrons. The van der Waals surface area contributed by atoms with Crippen molar-refractivity contribution in [3.63, 3.8) is 0 Å². The van der Waals surface area contributed by atoms with E-state index in [9.17, 15) is 9.90 Å². The van der Waals surface area contributed by atoms with Gasteiger partial charge in [-0.15, -0.1) is 0 Å². The normalized spacial score (nSPS) is 18.4. The summed E-state index contributed by atoms with van der Waals surface area (Å²) in [5.74, 6) is -0.285. The number of aliphatic hydroxyl groups excluding tert-OH is 1. The highest BCUT2D eigenvalue weighted by Crippen LogP contribution is 2.11. The number of thiol groups is 1. The maximum absolute atomic E-state index is 10.8. The molecule has 0 aliphatic carbocycles. The van der Waals surface area contributed by atoms with Gasteiger partial charge in [0, 0.05) is 5.92 Å². The van der Waals surface area contributed by atoms with Gasteiger partial charge in [0.25, 0.3) is 0 Å². The topological polar surface area (TPSA) is 49.3 Å². The lowest BCUT2D eigenvalue weighted by Crippen LogP contribution is -2.31. The second kappa shape index (κ2) is 5.56. The average molecular weight is 191 g/mol. The van der Waals surface area contributed by atoms with Crippen molar-refractivity contribution in [2.45, 2.75) is 31.7 Å². The minimum Gasteiger partial charge on any atom is -0.392 e. The van der Waals surface area contributed by atoms with Crippen LogP contribution in [-0.2, 0) is 4.79 Å². The van der Waals surface area contributed by atoms with Gasteiger partial charge < -0.3 is 10.4 Å². The van der Waals surface area contributed by atoms with E-state index in [2.05, 4.69) is 17.9 Å². The Hall–Kier alpha value is -0.0600. The maximum Gasteiger partial charge on any atom is 0.135 e. The highest BCUT2D eigenvalue weighted by molar-refractivity contribution is 7.80. The third-order valence-electron chi connectivity index (χ3n) is 2.02. The van der Waals surface area contributed by atoms with E-state index in [4.69, 9.17) is 0 Å².